The molecule has 0 bridgehead atoms. The Morgan fingerprint density at radius 1 is 1.23 bits per heavy atom. The molecule has 4 rings (SSSR count). The number of aryl methyl sites for hydroxylation is 1. The minimum Gasteiger partial charge on any atom is -0.460 e. The number of sulfonamides is 1. The molecule has 0 amide bonds. The van der Waals surface area contributed by atoms with Gasteiger partial charge < -0.3 is 9.73 Å². The van der Waals surface area contributed by atoms with Crippen molar-refractivity contribution >= 4 is 38.3 Å². The second-order valence-electron chi connectivity index (χ2n) is 9.18. The van der Waals surface area contributed by atoms with Gasteiger partial charge in [-0.05, 0) is 57.4 Å². The Bertz CT molecular complexity index is 1460. The summed E-state index contributed by atoms with van der Waals surface area (Å²) in [6.07, 6.45) is -0.0498. The van der Waals surface area contributed by atoms with E-state index in [1.165, 1.54) is 12.1 Å². The number of nitrogens with two attached hydrogens (primary N) is 1. The van der Waals surface area contributed by atoms with E-state index >= 15 is 0 Å². The van der Waals surface area contributed by atoms with Crippen molar-refractivity contribution in [1.82, 2.24) is 4.98 Å². The number of rotatable bonds is 5. The van der Waals surface area contributed by atoms with E-state index in [1.807, 2.05) is 13.0 Å². The SMILES string of the molecule is Cc1cc([C@@H](C)Nc2ccc(Cl)nc2S(N)(=O)=O)c2oc(C3CCC(F)(F)CC3)c(C)c(=O)c2c1. The molecule has 1 saturated carbocycles. The van der Waals surface area contributed by atoms with Crippen molar-refractivity contribution in [2.24, 2.45) is 5.14 Å². The molecule has 1 aromatic carbocycles. The molecule has 188 valence electrons. The number of pyridine rings is 1. The number of benzene rings is 1. The summed E-state index contributed by atoms with van der Waals surface area (Å²) < 4.78 is 57.8. The van der Waals surface area contributed by atoms with Crippen molar-refractivity contribution in [2.45, 2.75) is 69.4 Å². The summed E-state index contributed by atoms with van der Waals surface area (Å²) in [7, 11) is -4.17. The van der Waals surface area contributed by atoms with Gasteiger partial charge in [-0.15, -0.1) is 0 Å². The monoisotopic (exact) mass is 525 g/mol. The van der Waals surface area contributed by atoms with E-state index in [0.717, 1.165) is 5.56 Å². The zero-order valence-electron chi connectivity index (χ0n) is 19.5. The molecule has 1 fully saturated rings. The van der Waals surface area contributed by atoms with Crippen molar-refractivity contribution in [3.8, 4) is 0 Å². The van der Waals surface area contributed by atoms with E-state index in [9.17, 15) is 22.0 Å². The minimum atomic E-state index is -4.17. The summed E-state index contributed by atoms with van der Waals surface area (Å²) in [5.74, 6) is -2.55. The van der Waals surface area contributed by atoms with Crippen LogP contribution in [0, 0.1) is 13.8 Å². The molecule has 2 heterocycles. The second-order valence-corrected chi connectivity index (χ2v) is 11.0. The van der Waals surface area contributed by atoms with E-state index in [1.54, 1.807) is 19.9 Å². The highest BCUT2D eigenvalue weighted by Gasteiger charge is 2.37. The van der Waals surface area contributed by atoms with Gasteiger partial charge in [0.05, 0.1) is 17.1 Å². The molecule has 2 aromatic heterocycles. The van der Waals surface area contributed by atoms with Crippen LogP contribution in [0.25, 0.3) is 11.0 Å². The molecule has 0 saturated heterocycles. The van der Waals surface area contributed by atoms with E-state index in [4.69, 9.17) is 21.2 Å². The van der Waals surface area contributed by atoms with Gasteiger partial charge >= 0.3 is 0 Å². The first kappa shape index (κ1) is 25.5. The Kier molecular flexibility index (Phi) is 6.67. The lowest BCUT2D eigenvalue weighted by molar-refractivity contribution is -0.0395. The maximum absolute atomic E-state index is 13.7. The minimum absolute atomic E-state index is 0.0302. The lowest BCUT2D eigenvalue weighted by Crippen LogP contribution is -2.25. The molecule has 3 N–H and O–H groups in total. The third-order valence-corrected chi connectivity index (χ3v) is 7.51. The van der Waals surface area contributed by atoms with Crippen LogP contribution < -0.4 is 15.9 Å². The fourth-order valence-corrected chi connectivity index (χ4v) is 5.51. The molecular weight excluding hydrogens is 500 g/mol. The number of hydrogen-bond acceptors (Lipinski definition) is 6. The first-order chi connectivity index (χ1) is 16.3. The highest BCUT2D eigenvalue weighted by Crippen LogP contribution is 2.42. The van der Waals surface area contributed by atoms with Crippen molar-refractivity contribution in [1.29, 1.82) is 0 Å². The van der Waals surface area contributed by atoms with Crippen LogP contribution in [0.4, 0.5) is 14.5 Å². The first-order valence-electron chi connectivity index (χ1n) is 11.2. The van der Waals surface area contributed by atoms with Gasteiger partial charge in [-0.1, -0.05) is 17.7 Å². The maximum Gasteiger partial charge on any atom is 0.257 e. The third-order valence-electron chi connectivity index (χ3n) is 6.45. The molecule has 0 spiro atoms. The fourth-order valence-electron chi connectivity index (χ4n) is 4.65. The Labute approximate surface area is 206 Å². The van der Waals surface area contributed by atoms with E-state index in [-0.39, 0.29) is 47.9 Å². The van der Waals surface area contributed by atoms with Crippen LogP contribution in [0.2, 0.25) is 5.15 Å². The zero-order valence-corrected chi connectivity index (χ0v) is 21.1. The summed E-state index contributed by atoms with van der Waals surface area (Å²) >= 11 is 5.86. The van der Waals surface area contributed by atoms with Gasteiger partial charge in [-0.2, -0.15) is 0 Å². The zero-order chi connectivity index (χ0) is 25.7. The Hall–Kier alpha value is -2.56. The summed E-state index contributed by atoms with van der Waals surface area (Å²) in [6, 6.07) is 5.91. The Morgan fingerprint density at radius 2 is 1.89 bits per heavy atom. The molecule has 7 nitrogen and oxygen atoms in total. The predicted molar refractivity (Wildman–Crippen MR) is 131 cm³/mol. The standard InChI is InChI=1S/C24H26ClF2N3O4S/c1-12-10-16(14(3)29-18-4-5-19(25)30-23(18)35(28,32)33)22-17(11-12)20(31)13(2)21(34-22)15-6-8-24(26,27)9-7-15/h4-5,10-11,14-15,29H,6-9H2,1-3H3,(H2,28,32,33)/t14-/m1/s1. The van der Waals surface area contributed by atoms with Crippen LogP contribution in [0.5, 0.6) is 0 Å². The molecule has 3 aromatic rings. The summed E-state index contributed by atoms with van der Waals surface area (Å²) in [6.45, 7) is 5.27. The molecule has 1 atom stereocenters. The average Bonchev–Trinajstić information content (AvgIpc) is 2.77. The molecule has 0 radical (unpaired) electrons. The highest BCUT2D eigenvalue weighted by molar-refractivity contribution is 7.89. The quantitative estimate of drug-likeness (QED) is 0.421. The first-order valence-corrected chi connectivity index (χ1v) is 13.1. The van der Waals surface area contributed by atoms with Gasteiger partial charge in [-0.25, -0.2) is 27.3 Å². The van der Waals surface area contributed by atoms with Gasteiger partial charge in [0.2, 0.25) is 5.92 Å². The molecule has 35 heavy (non-hydrogen) atoms. The number of fused-ring (bicyclic) bond motifs is 1. The van der Waals surface area contributed by atoms with Crippen LogP contribution in [0.1, 0.15) is 67.0 Å². The van der Waals surface area contributed by atoms with E-state index < -0.39 is 27.0 Å². The summed E-state index contributed by atoms with van der Waals surface area (Å²) in [5, 5.41) is 8.33. The van der Waals surface area contributed by atoms with Crippen molar-refractivity contribution in [3.63, 3.8) is 0 Å². The molecule has 11 heteroatoms. The van der Waals surface area contributed by atoms with Gasteiger partial charge in [0.15, 0.2) is 10.5 Å². The lowest BCUT2D eigenvalue weighted by atomic mass is 9.83. The number of nitrogens with zero attached hydrogens (tertiary/aromatic N) is 1. The van der Waals surface area contributed by atoms with Crippen LogP contribution in [-0.4, -0.2) is 19.3 Å². The molecule has 1 aliphatic carbocycles. The van der Waals surface area contributed by atoms with Crippen molar-refractivity contribution in [2.75, 3.05) is 5.32 Å². The maximum atomic E-state index is 13.7. The number of alkyl halides is 2. The van der Waals surface area contributed by atoms with Gasteiger partial charge in [0.1, 0.15) is 16.5 Å². The van der Waals surface area contributed by atoms with E-state index in [2.05, 4.69) is 10.3 Å². The second kappa shape index (κ2) is 9.15. The van der Waals surface area contributed by atoms with Crippen LogP contribution in [0.15, 0.2) is 38.5 Å². The average molecular weight is 526 g/mol. The van der Waals surface area contributed by atoms with Crippen molar-refractivity contribution in [3.05, 3.63) is 62.1 Å². The van der Waals surface area contributed by atoms with Gasteiger partial charge in [0, 0.05) is 29.9 Å². The van der Waals surface area contributed by atoms with Crippen molar-refractivity contribution < 1.29 is 21.6 Å². The summed E-state index contributed by atoms with van der Waals surface area (Å²) in [5.41, 5.74) is 2.09. The number of halogens is 3. The predicted octanol–water partition coefficient (Wildman–Crippen LogP) is 5.57. The number of hydrogen-bond donors (Lipinski definition) is 2. The number of primary sulfonamides is 1. The largest absolute Gasteiger partial charge is 0.460 e. The highest BCUT2D eigenvalue weighted by atomic mass is 35.5. The molecule has 0 unspecified atom stereocenters. The smallest absolute Gasteiger partial charge is 0.257 e. The lowest BCUT2D eigenvalue weighted by Gasteiger charge is -2.28. The number of nitrogens with one attached hydrogen (secondary N) is 1. The van der Waals surface area contributed by atoms with Gasteiger partial charge in [-0.3, -0.25) is 4.79 Å². The Morgan fingerprint density at radius 3 is 2.51 bits per heavy atom. The number of aromatic nitrogens is 1. The van der Waals surface area contributed by atoms with E-state index in [0.29, 0.717) is 27.9 Å². The number of anilines is 1. The summed E-state index contributed by atoms with van der Waals surface area (Å²) in [4.78, 5) is 17.1. The topological polar surface area (TPSA) is 115 Å². The van der Waals surface area contributed by atoms with Crippen LogP contribution >= 0.6 is 11.6 Å². The molecule has 0 aliphatic heterocycles. The van der Waals surface area contributed by atoms with Gasteiger partial charge in [0.25, 0.3) is 10.0 Å². The van der Waals surface area contributed by atoms with Crippen LogP contribution in [0.3, 0.4) is 0 Å². The third kappa shape index (κ3) is 5.19. The Balaban J connectivity index is 1.81. The fraction of sp³-hybridized carbons (Fsp3) is 0.417. The normalized spacial score (nSPS) is 17.5. The molecule has 1 aliphatic rings. The molecular formula is C24H26ClF2N3O4S. The van der Waals surface area contributed by atoms with Crippen LogP contribution in [-0.2, 0) is 10.0 Å².